The van der Waals surface area contributed by atoms with Crippen molar-refractivity contribution >= 4 is 44.3 Å². The number of hydrogen-bond acceptors (Lipinski definition) is 5. The highest BCUT2D eigenvalue weighted by Crippen LogP contribution is 2.38. The van der Waals surface area contributed by atoms with Crippen molar-refractivity contribution in [1.82, 2.24) is 15.2 Å². The molecule has 0 aliphatic carbocycles. The Balaban J connectivity index is 1.48. The second-order valence-electron chi connectivity index (χ2n) is 7.86. The Morgan fingerprint density at radius 3 is 2.50 bits per heavy atom. The van der Waals surface area contributed by atoms with Gasteiger partial charge in [0.2, 0.25) is 5.91 Å². The first-order valence-corrected chi connectivity index (χ1v) is 11.3. The number of amides is 3. The van der Waals surface area contributed by atoms with Crippen LogP contribution in [0.25, 0.3) is 10.2 Å². The quantitative estimate of drug-likeness (QED) is 0.438. The number of benzene rings is 2. The Bertz CT molecular complexity index is 1190. The molecule has 0 bridgehead atoms. The first kappa shape index (κ1) is 23.9. The molecule has 3 aromatic rings. The van der Waals surface area contributed by atoms with Crippen LogP contribution in [-0.4, -0.2) is 53.7 Å². The number of alkyl halides is 3. The average Bonchev–Trinajstić information content (AvgIpc) is 3.12. The van der Waals surface area contributed by atoms with Gasteiger partial charge in [0.1, 0.15) is 5.82 Å². The number of aromatic nitrogens is 1. The van der Waals surface area contributed by atoms with Crippen molar-refractivity contribution in [2.24, 2.45) is 0 Å². The van der Waals surface area contributed by atoms with E-state index in [0.29, 0.717) is 29.0 Å². The summed E-state index contributed by atoms with van der Waals surface area (Å²) in [4.78, 5) is 30.9. The highest BCUT2D eigenvalue weighted by atomic mass is 32.1. The van der Waals surface area contributed by atoms with Crippen LogP contribution in [0.5, 0.6) is 0 Å². The summed E-state index contributed by atoms with van der Waals surface area (Å²) in [6.07, 6.45) is -4.77. The first-order valence-electron chi connectivity index (χ1n) is 10.5. The number of thiazole rings is 1. The normalized spacial score (nSPS) is 15.6. The maximum absolute atomic E-state index is 13.8. The summed E-state index contributed by atoms with van der Waals surface area (Å²) < 4.78 is 54.8. The van der Waals surface area contributed by atoms with E-state index in [-0.39, 0.29) is 16.7 Å². The molecule has 3 amide bonds. The van der Waals surface area contributed by atoms with E-state index in [1.54, 1.807) is 0 Å². The highest BCUT2D eigenvalue weighted by Gasteiger charge is 2.47. The molecule has 1 aliphatic rings. The second-order valence-corrected chi connectivity index (χ2v) is 8.90. The van der Waals surface area contributed by atoms with Gasteiger partial charge in [0.25, 0.3) is 0 Å². The van der Waals surface area contributed by atoms with Crippen molar-refractivity contribution in [1.29, 1.82) is 0 Å². The minimum Gasteiger partial charge on any atom is -0.350 e. The molecule has 34 heavy (non-hydrogen) atoms. The largest absolute Gasteiger partial charge is 0.404 e. The van der Waals surface area contributed by atoms with Crippen LogP contribution in [0.2, 0.25) is 0 Å². The number of carbonyl (C=O) groups is 2. The molecule has 7 nitrogen and oxygen atoms in total. The van der Waals surface area contributed by atoms with E-state index in [1.165, 1.54) is 42.5 Å². The Morgan fingerprint density at radius 1 is 1.15 bits per heavy atom. The number of hydrogen-bond donors (Lipinski definition) is 3. The summed E-state index contributed by atoms with van der Waals surface area (Å²) in [5, 5.41) is 7.66. The van der Waals surface area contributed by atoms with Gasteiger partial charge in [-0.1, -0.05) is 24.3 Å². The highest BCUT2D eigenvalue weighted by molar-refractivity contribution is 7.22. The van der Waals surface area contributed by atoms with Crippen molar-refractivity contribution in [3.05, 3.63) is 53.8 Å². The van der Waals surface area contributed by atoms with E-state index in [1.807, 2.05) is 11.8 Å². The van der Waals surface area contributed by atoms with Gasteiger partial charge < -0.3 is 10.6 Å². The molecule has 12 heteroatoms. The molecule has 0 spiro atoms. The predicted octanol–water partition coefficient (Wildman–Crippen LogP) is 4.55. The molecule has 1 aliphatic heterocycles. The number of anilines is 2. The minimum absolute atomic E-state index is 0.161. The average molecular weight is 496 g/mol. The van der Waals surface area contributed by atoms with Gasteiger partial charge in [-0.15, -0.1) is 0 Å². The van der Waals surface area contributed by atoms with Crippen LogP contribution < -0.4 is 16.0 Å². The third-order valence-corrected chi connectivity index (χ3v) is 6.34. The zero-order chi connectivity index (χ0) is 24.5. The molecule has 1 atom stereocenters. The second kappa shape index (κ2) is 9.55. The molecule has 2 heterocycles. The maximum Gasteiger partial charge on any atom is 0.404 e. The summed E-state index contributed by atoms with van der Waals surface area (Å²) in [5.74, 6) is -3.85. The summed E-state index contributed by atoms with van der Waals surface area (Å²) in [7, 11) is 0. The lowest BCUT2D eigenvalue weighted by atomic mass is 9.96. The molecule has 2 aromatic carbocycles. The molecule has 1 aromatic heterocycles. The number of carbonyl (C=O) groups excluding carboxylic acids is 2. The van der Waals surface area contributed by atoms with E-state index >= 15 is 0 Å². The van der Waals surface area contributed by atoms with E-state index in [4.69, 9.17) is 0 Å². The molecule has 0 radical (unpaired) electrons. The smallest absolute Gasteiger partial charge is 0.350 e. The van der Waals surface area contributed by atoms with Crippen molar-refractivity contribution in [3.8, 4) is 0 Å². The molecule has 1 saturated heterocycles. The van der Waals surface area contributed by atoms with Gasteiger partial charge in [0, 0.05) is 18.8 Å². The van der Waals surface area contributed by atoms with Gasteiger partial charge in [-0.3, -0.25) is 15.0 Å². The number of rotatable bonds is 6. The number of nitrogens with one attached hydrogen (secondary N) is 3. The fourth-order valence-electron chi connectivity index (χ4n) is 3.66. The lowest BCUT2D eigenvalue weighted by Gasteiger charge is -2.39. The van der Waals surface area contributed by atoms with Gasteiger partial charge in [-0.2, -0.15) is 13.2 Å². The molecule has 4 rings (SSSR count). The van der Waals surface area contributed by atoms with Crippen LogP contribution in [0.3, 0.4) is 0 Å². The topological polar surface area (TPSA) is 86.4 Å². The van der Waals surface area contributed by atoms with Gasteiger partial charge in [-0.25, -0.2) is 14.2 Å². The minimum atomic E-state index is -4.77. The monoisotopic (exact) mass is 495 g/mol. The maximum atomic E-state index is 13.8. The molecule has 1 unspecified atom stereocenters. The molecule has 1 fully saturated rings. The van der Waals surface area contributed by atoms with Gasteiger partial charge in [0.05, 0.1) is 16.3 Å². The lowest BCUT2D eigenvalue weighted by Crippen LogP contribution is -2.60. The molecular weight excluding hydrogens is 474 g/mol. The Morgan fingerprint density at radius 2 is 1.85 bits per heavy atom. The van der Waals surface area contributed by atoms with E-state index in [9.17, 15) is 27.2 Å². The Kier molecular flexibility index (Phi) is 6.71. The Hall–Kier alpha value is -3.25. The fraction of sp³-hybridized carbons (Fsp3) is 0.318. The number of likely N-dealkylation sites (tertiary alicyclic amines) is 1. The summed E-state index contributed by atoms with van der Waals surface area (Å²) in [6, 6.07) is 8.07. The van der Waals surface area contributed by atoms with Crippen LogP contribution in [0, 0.1) is 5.82 Å². The van der Waals surface area contributed by atoms with Gasteiger partial charge in [-0.05, 0) is 48.5 Å². The SMILES string of the molecule is CCN1CC(NC(=O)C(c2ccc3nc(NC(=O)Nc4ccc(F)cc4)sc3c2)C(F)(F)F)C1. The van der Waals surface area contributed by atoms with Crippen molar-refractivity contribution in [2.75, 3.05) is 30.3 Å². The van der Waals surface area contributed by atoms with E-state index in [0.717, 1.165) is 17.9 Å². The number of likely N-dealkylation sites (N-methyl/N-ethyl adjacent to an activating group) is 1. The molecular formula is C22H21F4N5O2S. The van der Waals surface area contributed by atoms with E-state index in [2.05, 4.69) is 20.9 Å². The molecule has 3 N–H and O–H groups in total. The zero-order valence-electron chi connectivity index (χ0n) is 17.9. The number of fused-ring (bicyclic) bond motifs is 1. The number of urea groups is 1. The Labute approximate surface area is 196 Å². The van der Waals surface area contributed by atoms with Crippen molar-refractivity contribution in [2.45, 2.75) is 25.1 Å². The summed E-state index contributed by atoms with van der Waals surface area (Å²) in [5.41, 5.74) is 0.537. The lowest BCUT2D eigenvalue weighted by molar-refractivity contribution is -0.166. The van der Waals surface area contributed by atoms with Crippen LogP contribution >= 0.6 is 11.3 Å². The summed E-state index contributed by atoms with van der Waals surface area (Å²) >= 11 is 0.977. The standard InChI is InChI=1S/C22H21F4N5O2S/c1-2-31-10-15(11-31)27-19(32)18(22(24,25)26)12-3-8-16-17(9-12)34-21(29-16)30-20(33)28-14-6-4-13(23)5-7-14/h3-9,15,18H,2,10-11H2,1H3,(H,27,32)(H2,28,29,30,33). The van der Waals surface area contributed by atoms with Crippen LogP contribution in [0.15, 0.2) is 42.5 Å². The number of nitrogens with zero attached hydrogens (tertiary/aromatic N) is 2. The molecule has 0 saturated carbocycles. The van der Waals surface area contributed by atoms with Crippen LogP contribution in [0.1, 0.15) is 18.4 Å². The van der Waals surface area contributed by atoms with Crippen LogP contribution in [0.4, 0.5) is 33.2 Å². The van der Waals surface area contributed by atoms with Gasteiger partial charge >= 0.3 is 12.2 Å². The molecule has 180 valence electrons. The van der Waals surface area contributed by atoms with Crippen molar-refractivity contribution in [3.63, 3.8) is 0 Å². The fourth-order valence-corrected chi connectivity index (χ4v) is 4.57. The van der Waals surface area contributed by atoms with E-state index < -0.39 is 29.8 Å². The third kappa shape index (κ3) is 5.45. The third-order valence-electron chi connectivity index (χ3n) is 5.41. The zero-order valence-corrected chi connectivity index (χ0v) is 18.8. The van der Waals surface area contributed by atoms with Gasteiger partial charge in [0.15, 0.2) is 11.0 Å². The summed E-state index contributed by atoms with van der Waals surface area (Å²) in [6.45, 7) is 3.76. The number of halogens is 4. The first-order chi connectivity index (χ1) is 16.1. The van der Waals surface area contributed by atoms with Crippen molar-refractivity contribution < 1.29 is 27.2 Å². The van der Waals surface area contributed by atoms with Crippen LogP contribution in [-0.2, 0) is 4.79 Å². The predicted molar refractivity (Wildman–Crippen MR) is 122 cm³/mol.